The van der Waals surface area contributed by atoms with Crippen molar-refractivity contribution in [3.63, 3.8) is 0 Å². The highest BCUT2D eigenvalue weighted by atomic mass is 32.1. The lowest BCUT2D eigenvalue weighted by Crippen LogP contribution is -2.37. The normalized spacial score (nSPS) is 18.2. The minimum atomic E-state index is 0.111. The molecule has 1 atom stereocenters. The number of hydrogen-bond acceptors (Lipinski definition) is 4. The predicted molar refractivity (Wildman–Crippen MR) is 81.0 cm³/mol. The van der Waals surface area contributed by atoms with Crippen LogP contribution < -0.4 is 10.2 Å². The maximum atomic E-state index is 12.0. The molecule has 0 aromatic carbocycles. The Labute approximate surface area is 122 Å². The van der Waals surface area contributed by atoms with E-state index in [0.717, 1.165) is 30.2 Å². The Morgan fingerprint density at radius 3 is 3.10 bits per heavy atom. The molecular formula is C15H17N3OS. The topological polar surface area (TPSA) is 45.2 Å². The fourth-order valence-electron chi connectivity index (χ4n) is 2.48. The molecule has 0 unspecified atom stereocenters. The predicted octanol–water partition coefficient (Wildman–Crippen LogP) is 2.08. The fraction of sp³-hybridized carbons (Fsp3) is 0.333. The van der Waals surface area contributed by atoms with Gasteiger partial charge in [-0.15, -0.1) is 11.3 Å². The average Bonchev–Trinajstić information content (AvgIpc) is 3.11. The van der Waals surface area contributed by atoms with Crippen LogP contribution in [-0.4, -0.2) is 30.0 Å². The number of nitrogens with zero attached hydrogens (tertiary/aromatic N) is 2. The Balaban J connectivity index is 1.52. The highest BCUT2D eigenvalue weighted by Crippen LogP contribution is 2.17. The van der Waals surface area contributed by atoms with Gasteiger partial charge in [0.25, 0.3) is 0 Å². The van der Waals surface area contributed by atoms with Gasteiger partial charge in [-0.05, 0) is 30.0 Å². The Morgan fingerprint density at radius 1 is 1.40 bits per heavy atom. The van der Waals surface area contributed by atoms with Crippen LogP contribution in [0.25, 0.3) is 0 Å². The molecule has 1 saturated heterocycles. The minimum Gasteiger partial charge on any atom is -0.354 e. The number of carbonyl (C=O) groups is 1. The van der Waals surface area contributed by atoms with Crippen molar-refractivity contribution in [3.8, 4) is 0 Å². The standard InChI is InChI=1S/C15H17N3OS/c19-15(10-13-4-3-9-20-13)17-12-6-8-18(11-12)14-5-1-2-7-16-14/h1-5,7,9,12H,6,8,10-11H2,(H,17,19)/t12-/m1/s1. The number of hydrogen-bond donors (Lipinski definition) is 1. The summed E-state index contributed by atoms with van der Waals surface area (Å²) in [4.78, 5) is 19.7. The third kappa shape index (κ3) is 3.17. The molecule has 0 bridgehead atoms. The zero-order chi connectivity index (χ0) is 13.8. The van der Waals surface area contributed by atoms with Crippen LogP contribution in [0, 0.1) is 0 Å². The van der Waals surface area contributed by atoms with Gasteiger partial charge in [0.1, 0.15) is 5.82 Å². The lowest BCUT2D eigenvalue weighted by atomic mass is 10.2. The van der Waals surface area contributed by atoms with Gasteiger partial charge in [-0.25, -0.2) is 4.98 Å². The number of aromatic nitrogens is 1. The minimum absolute atomic E-state index is 0.111. The van der Waals surface area contributed by atoms with Crippen molar-refractivity contribution in [3.05, 3.63) is 46.8 Å². The van der Waals surface area contributed by atoms with E-state index < -0.39 is 0 Å². The summed E-state index contributed by atoms with van der Waals surface area (Å²) in [7, 11) is 0. The van der Waals surface area contributed by atoms with Crippen LogP contribution in [0.4, 0.5) is 5.82 Å². The molecule has 0 aliphatic carbocycles. The van der Waals surface area contributed by atoms with Gasteiger partial charge < -0.3 is 10.2 Å². The maximum Gasteiger partial charge on any atom is 0.225 e. The van der Waals surface area contributed by atoms with Gasteiger partial charge in [0, 0.05) is 30.2 Å². The third-order valence-corrected chi connectivity index (χ3v) is 4.32. The van der Waals surface area contributed by atoms with Gasteiger partial charge in [-0.3, -0.25) is 4.79 Å². The van der Waals surface area contributed by atoms with Crippen LogP contribution in [0.1, 0.15) is 11.3 Å². The summed E-state index contributed by atoms with van der Waals surface area (Å²) in [6.07, 6.45) is 3.27. The van der Waals surface area contributed by atoms with Crippen molar-refractivity contribution in [1.29, 1.82) is 0 Å². The molecule has 1 fully saturated rings. The number of anilines is 1. The highest BCUT2D eigenvalue weighted by Gasteiger charge is 2.24. The molecule has 104 valence electrons. The molecule has 2 aromatic heterocycles. The van der Waals surface area contributed by atoms with Crippen LogP contribution in [0.5, 0.6) is 0 Å². The first-order chi connectivity index (χ1) is 9.81. The largest absolute Gasteiger partial charge is 0.354 e. The van der Waals surface area contributed by atoms with Gasteiger partial charge >= 0.3 is 0 Å². The van der Waals surface area contributed by atoms with E-state index in [1.807, 2.05) is 35.7 Å². The van der Waals surface area contributed by atoms with Crippen LogP contribution in [-0.2, 0) is 11.2 Å². The lowest BCUT2D eigenvalue weighted by molar-refractivity contribution is -0.120. The molecule has 1 aliphatic heterocycles. The second-order valence-corrected chi connectivity index (χ2v) is 5.98. The first kappa shape index (κ1) is 13.1. The summed E-state index contributed by atoms with van der Waals surface area (Å²) < 4.78 is 0. The van der Waals surface area contributed by atoms with E-state index in [1.165, 1.54) is 0 Å². The Kier molecular flexibility index (Phi) is 3.97. The highest BCUT2D eigenvalue weighted by molar-refractivity contribution is 7.10. The summed E-state index contributed by atoms with van der Waals surface area (Å²) in [5, 5.41) is 5.12. The molecule has 0 saturated carbocycles. The molecule has 0 spiro atoms. The van der Waals surface area contributed by atoms with Crippen molar-refractivity contribution in [2.24, 2.45) is 0 Å². The summed E-state index contributed by atoms with van der Waals surface area (Å²) >= 11 is 1.63. The second kappa shape index (κ2) is 6.05. The van der Waals surface area contributed by atoms with Crippen LogP contribution >= 0.6 is 11.3 Å². The maximum absolute atomic E-state index is 12.0. The van der Waals surface area contributed by atoms with E-state index in [2.05, 4.69) is 15.2 Å². The number of amides is 1. The lowest BCUT2D eigenvalue weighted by Gasteiger charge is -2.17. The second-order valence-electron chi connectivity index (χ2n) is 4.94. The Hall–Kier alpha value is -1.88. The fourth-order valence-corrected chi connectivity index (χ4v) is 3.18. The zero-order valence-corrected chi connectivity index (χ0v) is 12.0. The number of thiophene rings is 1. The van der Waals surface area contributed by atoms with Crippen molar-refractivity contribution in [1.82, 2.24) is 10.3 Å². The molecule has 20 heavy (non-hydrogen) atoms. The monoisotopic (exact) mass is 287 g/mol. The van der Waals surface area contributed by atoms with Crippen LogP contribution in [0.15, 0.2) is 41.9 Å². The van der Waals surface area contributed by atoms with E-state index >= 15 is 0 Å². The van der Waals surface area contributed by atoms with Crippen molar-refractivity contribution < 1.29 is 4.79 Å². The quantitative estimate of drug-likeness (QED) is 0.936. The van der Waals surface area contributed by atoms with Gasteiger partial charge in [0.15, 0.2) is 0 Å². The van der Waals surface area contributed by atoms with E-state index in [9.17, 15) is 4.79 Å². The van der Waals surface area contributed by atoms with Crippen molar-refractivity contribution in [2.75, 3.05) is 18.0 Å². The van der Waals surface area contributed by atoms with E-state index in [-0.39, 0.29) is 11.9 Å². The SMILES string of the molecule is O=C(Cc1cccs1)N[C@@H]1CCN(c2ccccn2)C1. The van der Waals surface area contributed by atoms with Gasteiger partial charge in [0.05, 0.1) is 6.42 Å². The van der Waals surface area contributed by atoms with E-state index in [4.69, 9.17) is 0 Å². The third-order valence-electron chi connectivity index (χ3n) is 3.44. The van der Waals surface area contributed by atoms with E-state index in [0.29, 0.717) is 6.42 Å². The first-order valence-electron chi connectivity index (χ1n) is 6.79. The smallest absolute Gasteiger partial charge is 0.225 e. The number of carbonyl (C=O) groups excluding carboxylic acids is 1. The van der Waals surface area contributed by atoms with Crippen LogP contribution in [0.3, 0.4) is 0 Å². The number of nitrogens with one attached hydrogen (secondary N) is 1. The van der Waals surface area contributed by atoms with Gasteiger partial charge in [-0.2, -0.15) is 0 Å². The molecule has 3 rings (SSSR count). The molecule has 2 aromatic rings. The molecule has 5 heteroatoms. The van der Waals surface area contributed by atoms with Crippen molar-refractivity contribution in [2.45, 2.75) is 18.9 Å². The molecular weight excluding hydrogens is 270 g/mol. The molecule has 4 nitrogen and oxygen atoms in total. The number of rotatable bonds is 4. The molecule has 0 radical (unpaired) electrons. The molecule has 1 amide bonds. The van der Waals surface area contributed by atoms with Crippen LogP contribution in [0.2, 0.25) is 0 Å². The average molecular weight is 287 g/mol. The zero-order valence-electron chi connectivity index (χ0n) is 11.2. The van der Waals surface area contributed by atoms with Crippen molar-refractivity contribution >= 4 is 23.1 Å². The van der Waals surface area contributed by atoms with Gasteiger partial charge in [0.2, 0.25) is 5.91 Å². The first-order valence-corrected chi connectivity index (χ1v) is 7.67. The summed E-state index contributed by atoms with van der Waals surface area (Å²) in [6, 6.07) is 10.1. The summed E-state index contributed by atoms with van der Waals surface area (Å²) in [5.41, 5.74) is 0. The molecule has 3 heterocycles. The summed E-state index contributed by atoms with van der Waals surface area (Å²) in [6.45, 7) is 1.79. The molecule has 1 N–H and O–H groups in total. The Morgan fingerprint density at radius 2 is 2.35 bits per heavy atom. The number of pyridine rings is 1. The molecule has 1 aliphatic rings. The summed E-state index contributed by atoms with van der Waals surface area (Å²) in [5.74, 6) is 1.10. The van der Waals surface area contributed by atoms with Gasteiger partial charge in [-0.1, -0.05) is 12.1 Å². The van der Waals surface area contributed by atoms with E-state index in [1.54, 1.807) is 17.5 Å². The Bertz CT molecular complexity index is 556.